The van der Waals surface area contributed by atoms with Crippen LogP contribution in [0.1, 0.15) is 62.5 Å². The molecule has 0 radical (unpaired) electrons. The van der Waals surface area contributed by atoms with E-state index in [-0.39, 0.29) is 47.6 Å². The van der Waals surface area contributed by atoms with Gasteiger partial charge in [0, 0.05) is 88.7 Å². The van der Waals surface area contributed by atoms with Gasteiger partial charge in [0.05, 0.1) is 53.9 Å². The van der Waals surface area contributed by atoms with Crippen molar-refractivity contribution in [1.29, 1.82) is 0 Å². The normalized spacial score (nSPS) is 13.5. The Labute approximate surface area is 762 Å². The molecule has 25 aromatic rings. The first kappa shape index (κ1) is 74.3. The second-order valence-electron chi connectivity index (χ2n) is 34.8. The monoisotopic (exact) mass is 1760 g/mol. The zero-order chi connectivity index (χ0) is 81.7. The minimum atomic E-state index is -0.203. The van der Waals surface area contributed by atoms with Gasteiger partial charge in [0.1, 0.15) is 5.82 Å². The van der Waals surface area contributed by atoms with Gasteiger partial charge in [-0.05, 0) is 289 Å². The molecule has 0 spiro atoms. The van der Waals surface area contributed by atoms with E-state index in [0.29, 0.717) is 0 Å². The van der Waals surface area contributed by atoms with Crippen molar-refractivity contribution in [3.05, 3.63) is 400 Å². The van der Waals surface area contributed by atoms with E-state index in [9.17, 15) is 4.39 Å². The Morgan fingerprint density at radius 3 is 1.14 bits per heavy atom. The number of nitrogens with zero attached hydrogens (tertiary/aromatic N) is 3. The average molecular weight is 1760 g/mol. The number of benzene rings is 20. The van der Waals surface area contributed by atoms with Gasteiger partial charge >= 0.3 is 29.6 Å². The van der Waals surface area contributed by atoms with Crippen molar-refractivity contribution in [1.82, 2.24) is 13.7 Å². The molecule has 5 heterocycles. The van der Waals surface area contributed by atoms with Gasteiger partial charge in [-0.15, -0.1) is 22.7 Å². The second-order valence-corrected chi connectivity index (χ2v) is 38.8. The summed E-state index contributed by atoms with van der Waals surface area (Å²) in [6.45, 7) is 9.62. The van der Waals surface area contributed by atoms with Crippen LogP contribution in [-0.2, 0) is 17.3 Å². The van der Waals surface area contributed by atoms with Crippen molar-refractivity contribution in [2.75, 3.05) is 0 Å². The molecule has 3 nitrogen and oxygen atoms in total. The molecule has 0 atom stereocenters. The molecule has 0 fully saturated rings. The molecule has 0 saturated carbocycles. The Morgan fingerprint density at radius 2 is 0.613 bits per heavy atom. The number of aromatic nitrogens is 3. The Hall–Kier alpha value is -12.3. The van der Waals surface area contributed by atoms with Gasteiger partial charge in [0.2, 0.25) is 0 Å². The summed E-state index contributed by atoms with van der Waals surface area (Å²) in [6.07, 6.45) is 1.02. The van der Waals surface area contributed by atoms with Crippen LogP contribution in [-0.4, -0.2) is 13.7 Å². The SMILES string of the molecule is CC1(C)c2cc3c(cc2-c2cc4c5ccccc5c5ccccc5c4cc21)Cc1ccc(Br)cc1-3.CC1(C)c2cc3c4ccccc4c4ccccc4c3cc2-c2cc3c(cc21)c1cc(Br)ccc1n3-c1ccc2c(c1)c1ccccc1n2-c1cccc2c1sc1ccccc12.Fc1ccc2c(c1)c1ccccc1n2-c1cccc2c1sc1ccccc12.[H-].[Na+]. The zero-order valence-electron chi connectivity index (χ0n) is 69.5. The fourth-order valence-electron chi connectivity index (χ4n) is 22.0. The molecule has 124 heavy (non-hydrogen) atoms. The molecule has 20 aromatic carbocycles. The minimum absolute atomic E-state index is 0. The first-order valence-electron chi connectivity index (χ1n) is 42.3. The molecule has 0 aliphatic heterocycles. The van der Waals surface area contributed by atoms with E-state index < -0.39 is 0 Å². The van der Waals surface area contributed by atoms with Crippen LogP contribution in [0.15, 0.2) is 361 Å². The molecular weight excluding hydrogens is 1690 g/mol. The van der Waals surface area contributed by atoms with E-state index in [0.717, 1.165) is 48.5 Å². The molecule has 3 aliphatic rings. The van der Waals surface area contributed by atoms with E-state index in [1.54, 1.807) is 12.1 Å². The van der Waals surface area contributed by atoms with Gasteiger partial charge in [-0.25, -0.2) is 4.39 Å². The average Bonchev–Trinajstić information content (AvgIpc) is 1.57. The van der Waals surface area contributed by atoms with Gasteiger partial charge in [0.25, 0.3) is 0 Å². The van der Waals surface area contributed by atoms with Crippen LogP contribution >= 0.6 is 54.5 Å². The fourth-order valence-corrected chi connectivity index (χ4v) is 25.2. The van der Waals surface area contributed by atoms with Crippen LogP contribution in [0.5, 0.6) is 0 Å². The third-order valence-electron chi connectivity index (χ3n) is 27.7. The van der Waals surface area contributed by atoms with Crippen molar-refractivity contribution in [2.45, 2.75) is 44.9 Å². The summed E-state index contributed by atoms with van der Waals surface area (Å²) in [4.78, 5) is 0. The van der Waals surface area contributed by atoms with Crippen molar-refractivity contribution in [2.24, 2.45) is 0 Å². The van der Waals surface area contributed by atoms with E-state index >= 15 is 0 Å². The summed E-state index contributed by atoms with van der Waals surface area (Å²) in [5.74, 6) is -0.203. The number of fused-ring (bicyclic) bond motifs is 36. The minimum Gasteiger partial charge on any atom is -1.00 e. The first-order valence-corrected chi connectivity index (χ1v) is 45.5. The Morgan fingerprint density at radius 1 is 0.258 bits per heavy atom. The van der Waals surface area contributed by atoms with E-state index in [1.165, 1.54) is 221 Å². The van der Waals surface area contributed by atoms with Gasteiger partial charge in [0.15, 0.2) is 0 Å². The summed E-state index contributed by atoms with van der Waals surface area (Å²) in [5.41, 5.74) is 27.1. The Bertz CT molecular complexity index is 9070. The predicted octanol–water partition coefficient (Wildman–Crippen LogP) is 31.0. The maximum absolute atomic E-state index is 14.0. The molecule has 5 aromatic heterocycles. The van der Waals surface area contributed by atoms with E-state index in [4.69, 9.17) is 0 Å². The maximum atomic E-state index is 14.0. The number of para-hydroxylation sites is 2. The molecule has 0 N–H and O–H groups in total. The number of hydrogen-bond acceptors (Lipinski definition) is 2. The summed E-state index contributed by atoms with van der Waals surface area (Å²) >= 11 is 11.2. The predicted molar refractivity (Wildman–Crippen MR) is 533 cm³/mol. The molecule has 0 saturated heterocycles. The van der Waals surface area contributed by atoms with Crippen molar-refractivity contribution in [3.63, 3.8) is 0 Å². The largest absolute Gasteiger partial charge is 1.00 e. The van der Waals surface area contributed by atoms with Crippen molar-refractivity contribution < 1.29 is 35.4 Å². The van der Waals surface area contributed by atoms with Gasteiger partial charge in [-0.1, -0.05) is 260 Å². The number of thiophene rings is 2. The smallest absolute Gasteiger partial charge is 1.00 e. The topological polar surface area (TPSA) is 14.8 Å². The van der Waals surface area contributed by atoms with Crippen LogP contribution in [0, 0.1) is 5.82 Å². The molecule has 0 bridgehead atoms. The number of hydrogen-bond donors (Lipinski definition) is 0. The second kappa shape index (κ2) is 27.6. The van der Waals surface area contributed by atoms with E-state index in [2.05, 4.69) is 395 Å². The molecule has 582 valence electrons. The van der Waals surface area contributed by atoms with Crippen LogP contribution in [0.3, 0.4) is 0 Å². The van der Waals surface area contributed by atoms with Crippen LogP contribution in [0.4, 0.5) is 4.39 Å². The van der Waals surface area contributed by atoms with Crippen LogP contribution in [0.25, 0.3) is 221 Å². The van der Waals surface area contributed by atoms with Crippen LogP contribution < -0.4 is 29.6 Å². The molecule has 3 aliphatic carbocycles. The maximum Gasteiger partial charge on any atom is 1.00 e. The van der Waals surface area contributed by atoms with Gasteiger partial charge in [-0.3, -0.25) is 0 Å². The Kier molecular flexibility index (Phi) is 16.5. The third-order valence-corrected chi connectivity index (χ3v) is 31.1. The number of halogens is 3. The zero-order valence-corrected chi connectivity index (χ0v) is 75.3. The van der Waals surface area contributed by atoms with Crippen molar-refractivity contribution >= 4 is 225 Å². The molecule has 0 amide bonds. The molecular formula is C115H73Br2FN3NaS2. The van der Waals surface area contributed by atoms with Gasteiger partial charge < -0.3 is 15.1 Å². The summed E-state index contributed by atoms with van der Waals surface area (Å²) < 4.78 is 28.6. The van der Waals surface area contributed by atoms with Crippen LogP contribution in [0.2, 0.25) is 0 Å². The van der Waals surface area contributed by atoms with Crippen molar-refractivity contribution in [3.8, 4) is 50.4 Å². The standard InChI is InChI=1S/C57H35BrN2S.C34H23Br.C24H14FNS.Na.H/c1-57(2)48-29-42-37-15-6-4-13-35(37)34-12-3-5-14-36(34)41(42)28-43(48)44-31-54-47(30-49(44)57)45-26-32(58)22-24-51(45)59(54)33-23-25-52-46(27-33)38-16-7-9-19-50(38)60(52)53-20-11-18-40-39-17-8-10-21-55(39)61-56(40)53;1-34(2)32-17-27-20(13-19-11-12-21(35)15-26(19)27)14-30(32)31-16-28-24-9-5-3-7-22(24)23-8-4-6-10-25(23)29(28)18-33(31)34;25-15-12-13-21-19(14-15)16-6-1-3-9-20(16)26(21)22-10-5-8-18-17-7-2-4-11-23(17)27-24(18)22;;/h3-31H,1-2H3;3-12,14-18H,13H2,1-2H3;1-14H;;/q;;;+1;-1. The fraction of sp³-hybridized carbons (Fsp3) is 0.0609. The summed E-state index contributed by atoms with van der Waals surface area (Å²) in [5, 5.41) is 28.2. The molecule has 28 rings (SSSR count). The summed E-state index contributed by atoms with van der Waals surface area (Å²) in [7, 11) is 0. The van der Waals surface area contributed by atoms with Gasteiger partial charge in [-0.2, -0.15) is 0 Å². The first-order chi connectivity index (χ1) is 60.2. The quantitative estimate of drug-likeness (QED) is 0.124. The third kappa shape index (κ3) is 10.7. The molecule has 9 heteroatoms. The number of rotatable bonds is 3. The molecule has 0 unspecified atom stereocenters. The van der Waals surface area contributed by atoms with E-state index in [1.807, 2.05) is 40.9 Å². The summed E-state index contributed by atoms with van der Waals surface area (Å²) in [6, 6.07) is 129. The Balaban J connectivity index is 0.000000115.